The largest absolute Gasteiger partial charge is 0.460 e. The number of ether oxygens (including phenoxy) is 5. The zero-order valence-corrected chi connectivity index (χ0v) is 19.7. The van der Waals surface area contributed by atoms with E-state index >= 15 is 0 Å². The molecule has 1 amide bonds. The summed E-state index contributed by atoms with van der Waals surface area (Å²) in [7, 11) is 0. The molecule has 0 heterocycles. The van der Waals surface area contributed by atoms with Gasteiger partial charge in [0.1, 0.15) is 23.9 Å². The van der Waals surface area contributed by atoms with Crippen LogP contribution in [0.2, 0.25) is 0 Å². The molecule has 3 aromatic rings. The van der Waals surface area contributed by atoms with Crippen LogP contribution < -0.4 is 14.8 Å². The van der Waals surface area contributed by atoms with Gasteiger partial charge in [0.05, 0.1) is 26.4 Å². The number of hydrogen-bond donors (Lipinski definition) is 1. The number of amides is 1. The van der Waals surface area contributed by atoms with Crippen molar-refractivity contribution in [3.8, 4) is 17.2 Å². The molecule has 0 spiro atoms. The molecule has 3 aromatic carbocycles. The van der Waals surface area contributed by atoms with Gasteiger partial charge in [-0.1, -0.05) is 49.0 Å². The van der Waals surface area contributed by atoms with Crippen molar-refractivity contribution in [1.29, 1.82) is 0 Å². The Balaban J connectivity index is 1.45. The average Bonchev–Trinajstić information content (AvgIpc) is 2.88. The second-order valence-corrected chi connectivity index (χ2v) is 7.39. The van der Waals surface area contributed by atoms with Crippen LogP contribution in [0.15, 0.2) is 73.3 Å². The molecule has 0 saturated carbocycles. The quantitative estimate of drug-likeness (QED) is 0.214. The molecule has 35 heavy (non-hydrogen) atoms. The number of carbonyl (C=O) groups excluding carboxylic acids is 2. The fraction of sp³-hybridized carbons (Fsp3) is 0.259. The van der Waals surface area contributed by atoms with Crippen LogP contribution in [0, 0.1) is 6.92 Å². The first-order valence-corrected chi connectivity index (χ1v) is 11.2. The maximum atomic E-state index is 12.4. The lowest BCUT2D eigenvalue weighted by atomic mass is 10.0. The van der Waals surface area contributed by atoms with E-state index in [9.17, 15) is 9.59 Å². The third-order valence-electron chi connectivity index (χ3n) is 4.84. The number of esters is 1. The van der Waals surface area contributed by atoms with E-state index in [1.807, 2.05) is 67.6 Å². The predicted octanol–water partition coefficient (Wildman–Crippen LogP) is 4.79. The number of hydrogen-bond acceptors (Lipinski definition) is 7. The van der Waals surface area contributed by atoms with E-state index in [1.54, 1.807) is 0 Å². The van der Waals surface area contributed by atoms with Crippen LogP contribution in [-0.4, -0.2) is 51.6 Å². The second-order valence-electron chi connectivity index (χ2n) is 7.39. The van der Waals surface area contributed by atoms with Crippen LogP contribution in [0.1, 0.15) is 5.56 Å². The standard InChI is InChI=1S/C27H29NO7/c1-3-25(29)33-18-17-32-16-15-31-14-13-28-27(30)35-26-20(2)19-24(22-11-7-8-12-23(22)26)34-21-9-5-4-6-10-21/h3-12,19H,1,13-18H2,2H3,(H,28,30). The minimum atomic E-state index is -0.570. The van der Waals surface area contributed by atoms with Gasteiger partial charge in [-0.15, -0.1) is 0 Å². The first-order valence-electron chi connectivity index (χ1n) is 11.2. The SMILES string of the molecule is C=CC(=O)OCCOCCOCCNC(=O)Oc1c(C)cc(Oc2ccccc2)c2ccccc12. The third-order valence-corrected chi connectivity index (χ3v) is 4.84. The number of carbonyl (C=O) groups is 2. The van der Waals surface area contributed by atoms with Gasteiger partial charge in [-0.2, -0.15) is 0 Å². The van der Waals surface area contributed by atoms with E-state index in [0.717, 1.165) is 28.2 Å². The van der Waals surface area contributed by atoms with Crippen LogP contribution in [0.5, 0.6) is 17.2 Å². The zero-order chi connectivity index (χ0) is 24.9. The summed E-state index contributed by atoms with van der Waals surface area (Å²) in [5, 5.41) is 4.30. The predicted molar refractivity (Wildman–Crippen MR) is 132 cm³/mol. The van der Waals surface area contributed by atoms with Crippen molar-refractivity contribution in [2.45, 2.75) is 6.92 Å². The molecule has 3 rings (SSSR count). The van der Waals surface area contributed by atoms with Gasteiger partial charge in [0.15, 0.2) is 0 Å². The van der Waals surface area contributed by atoms with Gasteiger partial charge in [0.2, 0.25) is 0 Å². The summed E-state index contributed by atoms with van der Waals surface area (Å²) >= 11 is 0. The van der Waals surface area contributed by atoms with Gasteiger partial charge >= 0.3 is 12.1 Å². The highest BCUT2D eigenvalue weighted by Gasteiger charge is 2.15. The minimum Gasteiger partial charge on any atom is -0.460 e. The molecule has 184 valence electrons. The van der Waals surface area contributed by atoms with Crippen molar-refractivity contribution in [2.24, 2.45) is 0 Å². The Hall–Kier alpha value is -3.88. The van der Waals surface area contributed by atoms with Gasteiger partial charge in [-0.25, -0.2) is 9.59 Å². The number of para-hydroxylation sites is 1. The van der Waals surface area contributed by atoms with Crippen molar-refractivity contribution >= 4 is 22.8 Å². The topological polar surface area (TPSA) is 92.3 Å². The van der Waals surface area contributed by atoms with E-state index in [1.165, 1.54) is 0 Å². The molecule has 0 atom stereocenters. The fourth-order valence-corrected chi connectivity index (χ4v) is 3.22. The molecule has 0 saturated heterocycles. The van der Waals surface area contributed by atoms with Crippen molar-refractivity contribution in [3.05, 3.63) is 78.9 Å². The van der Waals surface area contributed by atoms with Crippen LogP contribution in [0.3, 0.4) is 0 Å². The molecule has 8 nitrogen and oxygen atoms in total. The van der Waals surface area contributed by atoms with Crippen LogP contribution >= 0.6 is 0 Å². The Labute approximate surface area is 204 Å². The number of benzene rings is 3. The average molecular weight is 480 g/mol. The van der Waals surface area contributed by atoms with Gasteiger partial charge in [-0.3, -0.25) is 0 Å². The smallest absolute Gasteiger partial charge is 0.412 e. The van der Waals surface area contributed by atoms with E-state index in [4.69, 9.17) is 23.7 Å². The highest BCUT2D eigenvalue weighted by atomic mass is 16.6. The Bertz CT molecular complexity index is 1130. The number of fused-ring (bicyclic) bond motifs is 1. The number of nitrogens with one attached hydrogen (secondary N) is 1. The molecule has 0 fully saturated rings. The molecule has 8 heteroatoms. The summed E-state index contributed by atoms with van der Waals surface area (Å²) in [6.45, 7) is 6.88. The normalized spacial score (nSPS) is 10.5. The minimum absolute atomic E-state index is 0.158. The summed E-state index contributed by atoms with van der Waals surface area (Å²) < 4.78 is 27.2. The molecular formula is C27H29NO7. The molecule has 0 aliphatic heterocycles. The Kier molecular flexibility index (Phi) is 10.1. The van der Waals surface area contributed by atoms with Gasteiger partial charge in [0, 0.05) is 23.4 Å². The second kappa shape index (κ2) is 13.7. The molecule has 0 unspecified atom stereocenters. The number of rotatable bonds is 13. The highest BCUT2D eigenvalue weighted by molar-refractivity contribution is 5.96. The first kappa shape index (κ1) is 25.7. The van der Waals surface area contributed by atoms with Crippen LogP contribution in [0.4, 0.5) is 4.79 Å². The maximum absolute atomic E-state index is 12.4. The highest BCUT2D eigenvalue weighted by Crippen LogP contribution is 2.38. The molecule has 0 aliphatic rings. The van der Waals surface area contributed by atoms with Crippen LogP contribution in [-0.2, 0) is 19.0 Å². The Morgan fingerprint density at radius 2 is 1.54 bits per heavy atom. The lowest BCUT2D eigenvalue weighted by Gasteiger charge is -2.15. The zero-order valence-electron chi connectivity index (χ0n) is 19.7. The van der Waals surface area contributed by atoms with Crippen LogP contribution in [0.25, 0.3) is 10.8 Å². The van der Waals surface area contributed by atoms with Crippen molar-refractivity contribution in [2.75, 3.05) is 39.6 Å². The van der Waals surface area contributed by atoms with Gasteiger partial charge in [-0.05, 0) is 30.7 Å². The van der Waals surface area contributed by atoms with Crippen molar-refractivity contribution in [3.63, 3.8) is 0 Å². The summed E-state index contributed by atoms with van der Waals surface area (Å²) in [5.41, 5.74) is 0.775. The van der Waals surface area contributed by atoms with Crippen molar-refractivity contribution < 1.29 is 33.3 Å². The lowest BCUT2D eigenvalue weighted by molar-refractivity contribution is -0.139. The fourth-order valence-electron chi connectivity index (χ4n) is 3.22. The monoisotopic (exact) mass is 479 g/mol. The molecule has 0 bridgehead atoms. The van der Waals surface area contributed by atoms with E-state index in [0.29, 0.717) is 31.3 Å². The van der Waals surface area contributed by atoms with Gasteiger partial charge < -0.3 is 29.0 Å². The van der Waals surface area contributed by atoms with Crippen molar-refractivity contribution in [1.82, 2.24) is 5.32 Å². The Morgan fingerprint density at radius 1 is 0.886 bits per heavy atom. The Morgan fingerprint density at radius 3 is 2.29 bits per heavy atom. The summed E-state index contributed by atoms with van der Waals surface area (Å²) in [5.74, 6) is 1.41. The van der Waals surface area contributed by atoms with E-state index < -0.39 is 12.1 Å². The summed E-state index contributed by atoms with van der Waals surface area (Å²) in [6, 6.07) is 19.0. The molecule has 0 radical (unpaired) electrons. The molecule has 0 aromatic heterocycles. The summed E-state index contributed by atoms with van der Waals surface area (Å²) in [6.07, 6.45) is 0.527. The number of aryl methyl sites for hydroxylation is 1. The first-order chi connectivity index (χ1) is 17.1. The summed E-state index contributed by atoms with van der Waals surface area (Å²) in [4.78, 5) is 23.3. The lowest BCUT2D eigenvalue weighted by Crippen LogP contribution is -2.30. The van der Waals surface area contributed by atoms with Gasteiger partial charge in [0.25, 0.3) is 0 Å². The third kappa shape index (κ3) is 8.13. The molecule has 1 N–H and O–H groups in total. The maximum Gasteiger partial charge on any atom is 0.412 e. The molecular weight excluding hydrogens is 450 g/mol. The molecule has 0 aliphatic carbocycles. The van der Waals surface area contributed by atoms with E-state index in [2.05, 4.69) is 11.9 Å². The van der Waals surface area contributed by atoms with E-state index in [-0.39, 0.29) is 19.8 Å².